The molecule has 1 saturated heterocycles. The lowest BCUT2D eigenvalue weighted by Crippen LogP contribution is -2.30. The van der Waals surface area contributed by atoms with Crippen LogP contribution in [-0.4, -0.2) is 34.2 Å². The molecule has 0 bridgehead atoms. The van der Waals surface area contributed by atoms with Gasteiger partial charge >= 0.3 is 0 Å². The van der Waals surface area contributed by atoms with E-state index in [1.807, 2.05) is 25.3 Å². The first kappa shape index (κ1) is 16.9. The minimum atomic E-state index is 0.251. The van der Waals surface area contributed by atoms with Crippen LogP contribution >= 0.6 is 0 Å². The van der Waals surface area contributed by atoms with E-state index < -0.39 is 0 Å². The molecule has 1 aromatic carbocycles. The van der Waals surface area contributed by atoms with Crippen molar-refractivity contribution >= 4 is 16.7 Å². The summed E-state index contributed by atoms with van der Waals surface area (Å²) in [5.74, 6) is 2.11. The number of aryl methyl sites for hydroxylation is 2. The van der Waals surface area contributed by atoms with E-state index in [0.29, 0.717) is 12.5 Å². The number of nitrogens with one attached hydrogen (secondary N) is 1. The summed E-state index contributed by atoms with van der Waals surface area (Å²) < 4.78 is 5.79. The number of hydrogen-bond acceptors (Lipinski definition) is 5. The fraction of sp³-hybridized carbons (Fsp3) is 0.381. The number of fused-ring (bicyclic) bond motifs is 1. The van der Waals surface area contributed by atoms with Gasteiger partial charge in [0.05, 0.1) is 24.8 Å². The number of benzene rings is 1. The first-order valence-electron chi connectivity index (χ1n) is 9.24. The fourth-order valence-corrected chi connectivity index (χ4v) is 3.65. The van der Waals surface area contributed by atoms with Gasteiger partial charge in [-0.3, -0.25) is 4.98 Å². The van der Waals surface area contributed by atoms with Gasteiger partial charge in [0.2, 0.25) is 0 Å². The number of para-hydroxylation sites is 1. The number of aromatic nitrogens is 3. The zero-order valence-corrected chi connectivity index (χ0v) is 15.3. The van der Waals surface area contributed by atoms with Crippen LogP contribution in [0.4, 0.5) is 5.82 Å². The average Bonchev–Trinajstić information content (AvgIpc) is 3.08. The van der Waals surface area contributed by atoms with Gasteiger partial charge in [0.25, 0.3) is 0 Å². The quantitative estimate of drug-likeness (QED) is 0.764. The summed E-state index contributed by atoms with van der Waals surface area (Å²) >= 11 is 0. The van der Waals surface area contributed by atoms with Crippen molar-refractivity contribution in [1.29, 1.82) is 0 Å². The van der Waals surface area contributed by atoms with Gasteiger partial charge in [-0.05, 0) is 37.5 Å². The maximum absolute atomic E-state index is 5.79. The maximum Gasteiger partial charge on any atom is 0.130 e. The van der Waals surface area contributed by atoms with Crippen LogP contribution in [0.25, 0.3) is 10.9 Å². The topological polar surface area (TPSA) is 59.9 Å². The minimum absolute atomic E-state index is 0.251. The molecule has 5 heteroatoms. The Balaban J connectivity index is 1.54. The Bertz CT molecular complexity index is 906. The second kappa shape index (κ2) is 7.38. The van der Waals surface area contributed by atoms with Gasteiger partial charge in [-0.2, -0.15) is 0 Å². The minimum Gasteiger partial charge on any atom is -0.379 e. The fourth-order valence-electron chi connectivity index (χ4n) is 3.65. The van der Waals surface area contributed by atoms with Gasteiger partial charge in [0.15, 0.2) is 0 Å². The maximum atomic E-state index is 5.79. The van der Waals surface area contributed by atoms with Gasteiger partial charge in [0.1, 0.15) is 11.6 Å². The molecule has 134 valence electrons. The third kappa shape index (κ3) is 3.53. The molecule has 0 aliphatic carbocycles. The highest BCUT2D eigenvalue weighted by Gasteiger charge is 2.29. The highest BCUT2D eigenvalue weighted by molar-refractivity contribution is 5.81. The standard InChI is InChI=1S/C21H24N4O/c1-3-17-11-21(24-14(2)23-17)25-20-13-26-12-16(20)10-15-8-9-22-19-7-5-4-6-18(15)19/h4-9,11,16,20H,3,10,12-13H2,1-2H3,(H,23,24,25)/t16-,20-/m1/s1. The number of ether oxygens (including phenoxy) is 1. The molecule has 4 rings (SSSR count). The molecule has 26 heavy (non-hydrogen) atoms. The van der Waals surface area contributed by atoms with Crippen molar-refractivity contribution in [1.82, 2.24) is 15.0 Å². The van der Waals surface area contributed by atoms with E-state index in [-0.39, 0.29) is 6.04 Å². The van der Waals surface area contributed by atoms with E-state index in [1.54, 1.807) is 0 Å². The Morgan fingerprint density at radius 2 is 2.04 bits per heavy atom. The van der Waals surface area contributed by atoms with Crippen molar-refractivity contribution in [2.45, 2.75) is 32.7 Å². The van der Waals surface area contributed by atoms with Crippen molar-refractivity contribution < 1.29 is 4.74 Å². The molecule has 0 amide bonds. The smallest absolute Gasteiger partial charge is 0.130 e. The number of pyridine rings is 1. The largest absolute Gasteiger partial charge is 0.379 e. The molecule has 5 nitrogen and oxygen atoms in total. The molecule has 1 aliphatic heterocycles. The van der Waals surface area contributed by atoms with E-state index in [4.69, 9.17) is 4.74 Å². The predicted octanol–water partition coefficient (Wildman–Crippen LogP) is 3.57. The molecule has 0 unspecified atom stereocenters. The van der Waals surface area contributed by atoms with Crippen molar-refractivity contribution in [2.75, 3.05) is 18.5 Å². The molecular weight excluding hydrogens is 324 g/mol. The van der Waals surface area contributed by atoms with Crippen molar-refractivity contribution in [3.63, 3.8) is 0 Å². The summed E-state index contributed by atoms with van der Waals surface area (Å²) in [5, 5.41) is 4.81. The average molecular weight is 348 g/mol. The molecule has 2 atom stereocenters. The lowest BCUT2D eigenvalue weighted by Gasteiger charge is -2.20. The third-order valence-electron chi connectivity index (χ3n) is 5.01. The SMILES string of the molecule is CCc1cc(N[C@@H]2COC[C@H]2Cc2ccnc3ccccc23)nc(C)n1. The Kier molecular flexibility index (Phi) is 4.80. The zero-order valence-electron chi connectivity index (χ0n) is 15.3. The van der Waals surface area contributed by atoms with Crippen LogP contribution in [0.15, 0.2) is 42.6 Å². The molecule has 1 N–H and O–H groups in total. The number of nitrogens with zero attached hydrogens (tertiary/aromatic N) is 3. The van der Waals surface area contributed by atoms with Gasteiger partial charge in [-0.1, -0.05) is 25.1 Å². The summed E-state index contributed by atoms with van der Waals surface area (Å²) in [6.07, 6.45) is 3.77. The van der Waals surface area contributed by atoms with Gasteiger partial charge in [-0.15, -0.1) is 0 Å². The van der Waals surface area contributed by atoms with Crippen LogP contribution in [0, 0.1) is 12.8 Å². The van der Waals surface area contributed by atoms with Crippen LogP contribution in [0.1, 0.15) is 24.0 Å². The molecular formula is C21H24N4O. The van der Waals surface area contributed by atoms with Crippen molar-refractivity contribution in [2.24, 2.45) is 5.92 Å². The Morgan fingerprint density at radius 1 is 1.15 bits per heavy atom. The Morgan fingerprint density at radius 3 is 2.92 bits per heavy atom. The lowest BCUT2D eigenvalue weighted by atomic mass is 9.93. The normalized spacial score (nSPS) is 19.8. The van der Waals surface area contributed by atoms with Crippen LogP contribution in [0.2, 0.25) is 0 Å². The van der Waals surface area contributed by atoms with Gasteiger partial charge in [-0.25, -0.2) is 9.97 Å². The van der Waals surface area contributed by atoms with E-state index in [0.717, 1.165) is 42.3 Å². The van der Waals surface area contributed by atoms with E-state index >= 15 is 0 Å². The monoisotopic (exact) mass is 348 g/mol. The van der Waals surface area contributed by atoms with Crippen LogP contribution < -0.4 is 5.32 Å². The van der Waals surface area contributed by atoms with E-state index in [2.05, 4.69) is 51.5 Å². The summed E-state index contributed by atoms with van der Waals surface area (Å²) in [6, 6.07) is 12.7. The molecule has 3 heterocycles. The molecule has 2 aromatic heterocycles. The Labute approximate surface area is 153 Å². The zero-order chi connectivity index (χ0) is 17.9. The number of rotatable bonds is 5. The summed E-state index contributed by atoms with van der Waals surface area (Å²) in [7, 11) is 0. The van der Waals surface area contributed by atoms with E-state index in [1.165, 1.54) is 10.9 Å². The molecule has 0 radical (unpaired) electrons. The first-order chi connectivity index (χ1) is 12.7. The van der Waals surface area contributed by atoms with Gasteiger partial charge in [0, 0.05) is 29.3 Å². The molecule has 1 aliphatic rings. The van der Waals surface area contributed by atoms with Gasteiger partial charge < -0.3 is 10.1 Å². The molecule has 3 aromatic rings. The number of hydrogen-bond donors (Lipinski definition) is 1. The predicted molar refractivity (Wildman–Crippen MR) is 103 cm³/mol. The molecule has 0 saturated carbocycles. The summed E-state index contributed by atoms with van der Waals surface area (Å²) in [6.45, 7) is 5.52. The molecule has 0 spiro atoms. The van der Waals surface area contributed by atoms with Crippen molar-refractivity contribution in [3.8, 4) is 0 Å². The summed E-state index contributed by atoms with van der Waals surface area (Å²) in [4.78, 5) is 13.5. The third-order valence-corrected chi connectivity index (χ3v) is 5.01. The highest BCUT2D eigenvalue weighted by Crippen LogP contribution is 2.26. The lowest BCUT2D eigenvalue weighted by molar-refractivity contribution is 0.185. The van der Waals surface area contributed by atoms with E-state index in [9.17, 15) is 0 Å². The second-order valence-corrected chi connectivity index (χ2v) is 6.89. The van der Waals surface area contributed by atoms with Crippen LogP contribution in [-0.2, 0) is 17.6 Å². The Hall–Kier alpha value is -2.53. The summed E-state index contributed by atoms with van der Waals surface area (Å²) in [5.41, 5.74) is 3.44. The first-order valence-corrected chi connectivity index (χ1v) is 9.24. The number of anilines is 1. The van der Waals surface area contributed by atoms with Crippen LogP contribution in [0.3, 0.4) is 0 Å². The second-order valence-electron chi connectivity index (χ2n) is 6.89. The van der Waals surface area contributed by atoms with Crippen molar-refractivity contribution in [3.05, 3.63) is 59.7 Å². The van der Waals surface area contributed by atoms with Crippen LogP contribution in [0.5, 0.6) is 0 Å². The molecule has 1 fully saturated rings. The highest BCUT2D eigenvalue weighted by atomic mass is 16.5.